The molecular weight excluding hydrogens is 198 g/mol. The van der Waals surface area contributed by atoms with E-state index < -0.39 is 0 Å². The van der Waals surface area contributed by atoms with Crippen LogP contribution in [0.25, 0.3) is 0 Å². The average molecular weight is 221 g/mol. The van der Waals surface area contributed by atoms with Crippen LogP contribution in [0.4, 0.5) is 0 Å². The molecule has 0 saturated carbocycles. The summed E-state index contributed by atoms with van der Waals surface area (Å²) in [5, 5.41) is 9.90. The highest BCUT2D eigenvalue weighted by Crippen LogP contribution is 2.11. The topological polar surface area (TPSA) is 46.2 Å². The molecule has 0 heterocycles. The quantitative estimate of drug-likeness (QED) is 0.774. The van der Waals surface area contributed by atoms with Crippen molar-refractivity contribution in [3.8, 4) is 0 Å². The largest absolute Gasteiger partial charge is 0.392 e. The highest BCUT2D eigenvalue weighted by atomic mass is 16.3. The van der Waals surface area contributed by atoms with Crippen LogP contribution in [0.3, 0.4) is 0 Å². The van der Waals surface area contributed by atoms with E-state index in [2.05, 4.69) is 26.0 Å². The molecule has 0 saturated heterocycles. The fourth-order valence-electron chi connectivity index (χ4n) is 1.87. The van der Waals surface area contributed by atoms with Gasteiger partial charge < -0.3 is 10.8 Å². The van der Waals surface area contributed by atoms with Crippen LogP contribution in [0.1, 0.15) is 32.3 Å². The zero-order valence-electron chi connectivity index (χ0n) is 10.3. The van der Waals surface area contributed by atoms with Gasteiger partial charge in [-0.2, -0.15) is 0 Å². The molecule has 2 heteroatoms. The molecule has 3 N–H and O–H groups in total. The first kappa shape index (κ1) is 13.2. The van der Waals surface area contributed by atoms with Crippen molar-refractivity contribution in [1.82, 2.24) is 0 Å². The molecule has 16 heavy (non-hydrogen) atoms. The van der Waals surface area contributed by atoms with E-state index in [1.807, 2.05) is 18.2 Å². The summed E-state index contributed by atoms with van der Waals surface area (Å²) in [7, 11) is 0. The van der Waals surface area contributed by atoms with E-state index in [0.29, 0.717) is 5.92 Å². The smallest absolute Gasteiger partial charge is 0.0694 e. The van der Waals surface area contributed by atoms with Crippen LogP contribution in [-0.2, 0) is 6.42 Å². The van der Waals surface area contributed by atoms with E-state index in [1.165, 1.54) is 5.56 Å². The second kappa shape index (κ2) is 6.66. The van der Waals surface area contributed by atoms with Crippen molar-refractivity contribution in [3.05, 3.63) is 35.9 Å². The van der Waals surface area contributed by atoms with Crippen LogP contribution in [0.5, 0.6) is 0 Å². The van der Waals surface area contributed by atoms with Crippen molar-refractivity contribution in [3.63, 3.8) is 0 Å². The Hall–Kier alpha value is -0.860. The van der Waals surface area contributed by atoms with Crippen LogP contribution in [0.15, 0.2) is 30.3 Å². The van der Waals surface area contributed by atoms with E-state index in [9.17, 15) is 5.11 Å². The van der Waals surface area contributed by atoms with Gasteiger partial charge in [0.2, 0.25) is 0 Å². The van der Waals surface area contributed by atoms with Gasteiger partial charge in [0.15, 0.2) is 0 Å². The zero-order chi connectivity index (χ0) is 12.0. The molecule has 0 amide bonds. The van der Waals surface area contributed by atoms with Crippen molar-refractivity contribution in [2.45, 2.75) is 45.3 Å². The van der Waals surface area contributed by atoms with Crippen LogP contribution in [-0.4, -0.2) is 17.3 Å². The average Bonchev–Trinajstić information content (AvgIpc) is 2.26. The number of aliphatic hydroxyl groups is 1. The first-order valence-corrected chi connectivity index (χ1v) is 6.07. The van der Waals surface area contributed by atoms with Crippen LogP contribution >= 0.6 is 0 Å². The Morgan fingerprint density at radius 1 is 1.19 bits per heavy atom. The Bertz CT molecular complexity index is 284. The molecule has 2 nitrogen and oxygen atoms in total. The lowest BCUT2D eigenvalue weighted by Gasteiger charge is -2.20. The normalized spacial score (nSPS) is 15.1. The van der Waals surface area contributed by atoms with Gasteiger partial charge in [0.1, 0.15) is 0 Å². The minimum Gasteiger partial charge on any atom is -0.392 e. The molecular formula is C14H23NO. The Kier molecular flexibility index (Phi) is 5.50. The number of aryl methyl sites for hydroxylation is 1. The number of hydrogen-bond acceptors (Lipinski definition) is 2. The molecule has 2 atom stereocenters. The Balaban J connectivity index is 2.32. The number of benzene rings is 1. The van der Waals surface area contributed by atoms with E-state index in [0.717, 1.165) is 19.3 Å². The monoisotopic (exact) mass is 221 g/mol. The van der Waals surface area contributed by atoms with Crippen LogP contribution < -0.4 is 5.73 Å². The minimum absolute atomic E-state index is 0.0938. The molecule has 1 rings (SSSR count). The first-order chi connectivity index (χ1) is 7.59. The maximum Gasteiger partial charge on any atom is 0.0694 e. The predicted octanol–water partition coefficient (Wildman–Crippen LogP) is 2.35. The van der Waals surface area contributed by atoms with E-state index in [-0.39, 0.29) is 12.1 Å². The third kappa shape index (κ3) is 4.77. The molecule has 1 unspecified atom stereocenters. The standard InChI is InChI=1S/C14H23NO/c1-11(2)10-13(15)14(16)9-8-12-6-4-3-5-7-12/h3-7,11,13-14,16H,8-10,15H2,1-2H3/t13?,14-/m0/s1. The Morgan fingerprint density at radius 3 is 2.38 bits per heavy atom. The fourth-order valence-corrected chi connectivity index (χ4v) is 1.87. The summed E-state index contributed by atoms with van der Waals surface area (Å²) in [6, 6.07) is 10.1. The maximum absolute atomic E-state index is 9.90. The summed E-state index contributed by atoms with van der Waals surface area (Å²) >= 11 is 0. The van der Waals surface area contributed by atoms with Crippen LogP contribution in [0.2, 0.25) is 0 Å². The van der Waals surface area contributed by atoms with Gasteiger partial charge >= 0.3 is 0 Å². The van der Waals surface area contributed by atoms with Crippen molar-refractivity contribution >= 4 is 0 Å². The van der Waals surface area contributed by atoms with Gasteiger partial charge in [-0.15, -0.1) is 0 Å². The van der Waals surface area contributed by atoms with E-state index in [1.54, 1.807) is 0 Å². The number of nitrogens with two attached hydrogens (primary N) is 1. The summed E-state index contributed by atoms with van der Waals surface area (Å²) in [6.07, 6.45) is 2.14. The molecule has 0 fully saturated rings. The van der Waals surface area contributed by atoms with Gasteiger partial charge in [0.25, 0.3) is 0 Å². The number of rotatable bonds is 6. The molecule has 0 bridgehead atoms. The molecule has 0 radical (unpaired) electrons. The lowest BCUT2D eigenvalue weighted by Crippen LogP contribution is -2.36. The second-order valence-electron chi connectivity index (χ2n) is 4.89. The third-order valence-electron chi connectivity index (χ3n) is 2.81. The summed E-state index contributed by atoms with van der Waals surface area (Å²) in [6.45, 7) is 4.26. The van der Waals surface area contributed by atoms with Crippen molar-refractivity contribution < 1.29 is 5.11 Å². The molecule has 90 valence electrons. The van der Waals surface area contributed by atoms with Crippen molar-refractivity contribution in [2.24, 2.45) is 11.7 Å². The van der Waals surface area contributed by atoms with Crippen molar-refractivity contribution in [1.29, 1.82) is 0 Å². The van der Waals surface area contributed by atoms with Gasteiger partial charge in [-0.25, -0.2) is 0 Å². The van der Waals surface area contributed by atoms with Crippen molar-refractivity contribution in [2.75, 3.05) is 0 Å². The van der Waals surface area contributed by atoms with E-state index in [4.69, 9.17) is 5.73 Å². The van der Waals surface area contributed by atoms with Gasteiger partial charge in [-0.1, -0.05) is 44.2 Å². The molecule has 1 aromatic rings. The molecule has 0 aliphatic rings. The highest BCUT2D eigenvalue weighted by molar-refractivity contribution is 5.14. The van der Waals surface area contributed by atoms with Gasteiger partial charge in [-0.3, -0.25) is 0 Å². The van der Waals surface area contributed by atoms with Gasteiger partial charge in [-0.05, 0) is 30.7 Å². The zero-order valence-corrected chi connectivity index (χ0v) is 10.3. The summed E-state index contributed by atoms with van der Waals surface area (Å²) in [5.74, 6) is 0.543. The lowest BCUT2D eigenvalue weighted by atomic mass is 9.96. The Labute approximate surface area is 98.5 Å². The fraction of sp³-hybridized carbons (Fsp3) is 0.571. The Morgan fingerprint density at radius 2 is 1.81 bits per heavy atom. The summed E-state index contributed by atoms with van der Waals surface area (Å²) in [4.78, 5) is 0. The summed E-state index contributed by atoms with van der Waals surface area (Å²) in [5.41, 5.74) is 7.19. The molecule has 0 spiro atoms. The van der Waals surface area contributed by atoms with Gasteiger partial charge in [0.05, 0.1) is 6.10 Å². The number of aliphatic hydroxyl groups excluding tert-OH is 1. The maximum atomic E-state index is 9.90. The molecule has 0 aliphatic heterocycles. The highest BCUT2D eigenvalue weighted by Gasteiger charge is 2.15. The van der Waals surface area contributed by atoms with E-state index >= 15 is 0 Å². The van der Waals surface area contributed by atoms with Crippen LogP contribution in [0, 0.1) is 5.92 Å². The predicted molar refractivity (Wildman–Crippen MR) is 68.2 cm³/mol. The third-order valence-corrected chi connectivity index (χ3v) is 2.81. The van der Waals surface area contributed by atoms with Gasteiger partial charge in [0, 0.05) is 6.04 Å². The second-order valence-corrected chi connectivity index (χ2v) is 4.89. The number of hydrogen-bond donors (Lipinski definition) is 2. The first-order valence-electron chi connectivity index (χ1n) is 6.07. The molecule has 0 aliphatic carbocycles. The lowest BCUT2D eigenvalue weighted by molar-refractivity contribution is 0.125. The molecule has 0 aromatic heterocycles. The summed E-state index contributed by atoms with van der Waals surface area (Å²) < 4.78 is 0. The SMILES string of the molecule is CC(C)CC(N)[C@@H](O)CCc1ccccc1. The molecule has 1 aromatic carbocycles. The minimum atomic E-state index is -0.386.